The van der Waals surface area contributed by atoms with Gasteiger partial charge >= 0.3 is 5.69 Å². The summed E-state index contributed by atoms with van der Waals surface area (Å²) in [5, 5.41) is 11.8. The van der Waals surface area contributed by atoms with E-state index >= 15 is 0 Å². The molecule has 0 aliphatic rings. The Morgan fingerprint density at radius 2 is 2.00 bits per heavy atom. The van der Waals surface area contributed by atoms with Gasteiger partial charge < -0.3 is 5.73 Å². The molecule has 3 aromatic heterocycles. The number of nitrogens with two attached hydrogens (primary N) is 1. The minimum absolute atomic E-state index is 0.0133. The molecule has 0 aliphatic heterocycles. The number of pyridine rings is 1. The highest BCUT2D eigenvalue weighted by Crippen LogP contribution is 2.22. The Morgan fingerprint density at radius 3 is 2.80 bits per heavy atom. The van der Waals surface area contributed by atoms with E-state index in [0.29, 0.717) is 23.0 Å². The zero-order chi connectivity index (χ0) is 17.4. The van der Waals surface area contributed by atoms with Crippen LogP contribution < -0.4 is 11.4 Å². The van der Waals surface area contributed by atoms with E-state index in [1.165, 1.54) is 9.08 Å². The van der Waals surface area contributed by atoms with Crippen LogP contribution in [0.4, 0.5) is 4.39 Å². The molecule has 0 saturated carbocycles. The fourth-order valence-electron chi connectivity index (χ4n) is 2.59. The summed E-state index contributed by atoms with van der Waals surface area (Å²) < 4.78 is 20.0. The molecular weight excluding hydrogens is 327 g/mol. The molecule has 0 amide bonds. The molecule has 4 aromatic rings. The molecule has 0 unspecified atom stereocenters. The van der Waals surface area contributed by atoms with E-state index in [1.807, 2.05) is 18.2 Å². The lowest BCUT2D eigenvalue weighted by atomic mass is 10.1. The van der Waals surface area contributed by atoms with Gasteiger partial charge in [0.1, 0.15) is 11.0 Å². The van der Waals surface area contributed by atoms with Crippen LogP contribution in [0.25, 0.3) is 27.8 Å². The quantitative estimate of drug-likeness (QED) is 0.604. The van der Waals surface area contributed by atoms with Gasteiger partial charge in [-0.2, -0.15) is 0 Å². The highest BCUT2D eigenvalue weighted by molar-refractivity contribution is 5.80. The summed E-state index contributed by atoms with van der Waals surface area (Å²) >= 11 is 0. The van der Waals surface area contributed by atoms with Crippen LogP contribution in [-0.4, -0.2) is 31.0 Å². The first-order valence-corrected chi connectivity index (χ1v) is 7.49. The molecule has 0 fully saturated rings. The van der Waals surface area contributed by atoms with Crippen molar-refractivity contribution in [3.63, 3.8) is 0 Å². The zero-order valence-corrected chi connectivity index (χ0v) is 13.0. The van der Waals surface area contributed by atoms with Crippen LogP contribution in [0, 0.1) is 0 Å². The summed E-state index contributed by atoms with van der Waals surface area (Å²) in [6, 6.07) is 9.04. The molecule has 0 spiro atoms. The molecule has 0 radical (unpaired) electrons. The van der Waals surface area contributed by atoms with E-state index in [2.05, 4.69) is 15.4 Å². The molecule has 1 aromatic carbocycles. The van der Waals surface area contributed by atoms with Crippen LogP contribution in [0.1, 0.15) is 0 Å². The van der Waals surface area contributed by atoms with Crippen molar-refractivity contribution in [3.8, 4) is 11.1 Å². The van der Waals surface area contributed by atoms with Crippen molar-refractivity contribution in [1.82, 2.24) is 24.5 Å². The molecule has 25 heavy (non-hydrogen) atoms. The van der Waals surface area contributed by atoms with Gasteiger partial charge in [0.2, 0.25) is 0 Å². The summed E-state index contributed by atoms with van der Waals surface area (Å²) in [5.41, 5.74) is 8.76. The molecule has 0 bridgehead atoms. The molecule has 8 nitrogen and oxygen atoms in total. The number of benzene rings is 1. The number of fused-ring (bicyclic) bond motifs is 2. The first-order valence-electron chi connectivity index (χ1n) is 7.49. The van der Waals surface area contributed by atoms with Gasteiger partial charge in [0.25, 0.3) is 0 Å². The Hall–Kier alpha value is -3.33. The molecule has 0 atom stereocenters. The summed E-state index contributed by atoms with van der Waals surface area (Å²) in [6.45, 7) is 0.0349. The molecule has 126 valence electrons. The third kappa shape index (κ3) is 2.60. The van der Waals surface area contributed by atoms with Crippen LogP contribution in [0.5, 0.6) is 0 Å². The van der Waals surface area contributed by atoms with E-state index < -0.39 is 0 Å². The maximum atomic E-state index is 12.7. The van der Waals surface area contributed by atoms with Crippen molar-refractivity contribution in [2.45, 2.75) is 6.54 Å². The van der Waals surface area contributed by atoms with Crippen LogP contribution in [0.15, 0.2) is 57.9 Å². The Balaban J connectivity index is 1.79. The lowest BCUT2D eigenvalue weighted by molar-refractivity contribution is 0.315. The number of rotatable bonds is 4. The van der Waals surface area contributed by atoms with E-state index in [1.54, 1.807) is 18.3 Å². The number of halogens is 1. The second kappa shape index (κ2) is 5.95. The highest BCUT2D eigenvalue weighted by atomic mass is 19.1. The van der Waals surface area contributed by atoms with E-state index in [9.17, 15) is 9.18 Å². The van der Waals surface area contributed by atoms with Gasteiger partial charge in [-0.05, 0) is 51.3 Å². The minimum atomic E-state index is -0.367. The van der Waals surface area contributed by atoms with Gasteiger partial charge in [0.05, 0.1) is 12.9 Å². The summed E-state index contributed by atoms with van der Waals surface area (Å²) in [7, 11) is 0. The van der Waals surface area contributed by atoms with E-state index in [-0.39, 0.29) is 24.4 Å². The predicted octanol–water partition coefficient (Wildman–Crippen LogP) is 1.51. The maximum absolute atomic E-state index is 12.7. The van der Waals surface area contributed by atoms with Crippen molar-refractivity contribution in [1.29, 1.82) is 0 Å². The number of hydrogen-bond acceptors (Lipinski definition) is 6. The zero-order valence-electron chi connectivity index (χ0n) is 13.0. The van der Waals surface area contributed by atoms with Crippen molar-refractivity contribution in [2.75, 3.05) is 6.54 Å². The molecule has 9 heteroatoms. The van der Waals surface area contributed by atoms with Gasteiger partial charge in [-0.25, -0.2) is 22.9 Å². The van der Waals surface area contributed by atoms with Gasteiger partial charge in [0.15, 0.2) is 5.65 Å². The Kier molecular flexibility index (Phi) is 3.62. The standard InChI is InChI=1S/C16H13FN6O2/c17-6-10(7-18)8-23-16(24)22-9-12(2-4-15(22)19-23)11-1-3-13-14(5-11)21-25-20-13/h1-6,9H,7-8,18H2/b10-6+. The first-order chi connectivity index (χ1) is 12.2. The number of aromatic nitrogens is 5. The summed E-state index contributed by atoms with van der Waals surface area (Å²) in [4.78, 5) is 12.5. The molecule has 0 saturated heterocycles. The average Bonchev–Trinajstić information content (AvgIpc) is 3.23. The molecule has 2 N–H and O–H groups in total. The lowest BCUT2D eigenvalue weighted by Crippen LogP contribution is -2.23. The Morgan fingerprint density at radius 1 is 1.20 bits per heavy atom. The molecule has 0 aliphatic carbocycles. The number of hydrogen-bond donors (Lipinski definition) is 1. The van der Waals surface area contributed by atoms with Crippen molar-refractivity contribution < 1.29 is 9.02 Å². The third-order valence-electron chi connectivity index (χ3n) is 3.93. The van der Waals surface area contributed by atoms with Crippen LogP contribution in [0.3, 0.4) is 0 Å². The predicted molar refractivity (Wildman–Crippen MR) is 88.5 cm³/mol. The normalized spacial score (nSPS) is 12.3. The fraction of sp³-hybridized carbons (Fsp3) is 0.125. The number of nitrogens with zero attached hydrogens (tertiary/aromatic N) is 5. The average molecular weight is 340 g/mol. The minimum Gasteiger partial charge on any atom is -0.327 e. The first kappa shape index (κ1) is 15.2. The van der Waals surface area contributed by atoms with Gasteiger partial charge in [0, 0.05) is 12.7 Å². The van der Waals surface area contributed by atoms with Crippen molar-refractivity contribution in [3.05, 3.63) is 58.9 Å². The van der Waals surface area contributed by atoms with Crippen LogP contribution >= 0.6 is 0 Å². The highest BCUT2D eigenvalue weighted by Gasteiger charge is 2.10. The summed E-state index contributed by atoms with van der Waals surface area (Å²) in [5.74, 6) is 0. The smallest absolute Gasteiger partial charge is 0.327 e. The van der Waals surface area contributed by atoms with Gasteiger partial charge in [-0.15, -0.1) is 5.10 Å². The summed E-state index contributed by atoms with van der Waals surface area (Å²) in [6.07, 6.45) is 2.08. The fourth-order valence-corrected chi connectivity index (χ4v) is 2.59. The second-order valence-corrected chi connectivity index (χ2v) is 5.53. The van der Waals surface area contributed by atoms with Crippen molar-refractivity contribution >= 4 is 16.7 Å². The second-order valence-electron chi connectivity index (χ2n) is 5.53. The monoisotopic (exact) mass is 340 g/mol. The van der Waals surface area contributed by atoms with E-state index in [4.69, 9.17) is 10.4 Å². The van der Waals surface area contributed by atoms with Gasteiger partial charge in [-0.1, -0.05) is 6.07 Å². The largest absolute Gasteiger partial charge is 0.350 e. The third-order valence-corrected chi connectivity index (χ3v) is 3.93. The van der Waals surface area contributed by atoms with Crippen LogP contribution in [0.2, 0.25) is 0 Å². The van der Waals surface area contributed by atoms with Gasteiger partial charge in [-0.3, -0.25) is 0 Å². The lowest BCUT2D eigenvalue weighted by Gasteiger charge is -2.01. The Bertz CT molecular complexity index is 1160. The van der Waals surface area contributed by atoms with Crippen LogP contribution in [-0.2, 0) is 6.54 Å². The molecular formula is C16H13FN6O2. The SMILES string of the molecule is NC/C(=C\F)Cn1nc2ccc(-c3ccc4nonc4c3)cn2c1=O. The molecule has 4 rings (SSSR count). The molecule has 3 heterocycles. The van der Waals surface area contributed by atoms with E-state index in [0.717, 1.165) is 11.1 Å². The Labute approximate surface area is 139 Å². The topological polar surface area (TPSA) is 104 Å². The maximum Gasteiger partial charge on any atom is 0.350 e. The van der Waals surface area contributed by atoms with Crippen molar-refractivity contribution in [2.24, 2.45) is 5.73 Å².